The molecule has 20 heavy (non-hydrogen) atoms. The Balaban J connectivity index is 2.25. The van der Waals surface area contributed by atoms with Crippen molar-refractivity contribution < 1.29 is 14.8 Å². The molecule has 0 bridgehead atoms. The number of aryl methyl sites for hydroxylation is 1. The number of hydrogen-bond acceptors (Lipinski definition) is 4. The van der Waals surface area contributed by atoms with Gasteiger partial charge in [-0.25, -0.2) is 0 Å². The van der Waals surface area contributed by atoms with Crippen LogP contribution in [0.15, 0.2) is 42.5 Å². The molecule has 0 fully saturated rings. The van der Waals surface area contributed by atoms with E-state index in [2.05, 4.69) is 5.32 Å². The van der Waals surface area contributed by atoms with E-state index in [9.17, 15) is 20.0 Å². The Kier molecular flexibility index (Phi) is 3.65. The number of phenols is 1. The molecule has 6 nitrogen and oxygen atoms in total. The van der Waals surface area contributed by atoms with Crippen molar-refractivity contribution in [1.82, 2.24) is 0 Å². The van der Waals surface area contributed by atoms with E-state index in [0.717, 1.165) is 11.6 Å². The molecular weight excluding hydrogens is 260 g/mol. The van der Waals surface area contributed by atoms with Crippen molar-refractivity contribution in [2.75, 3.05) is 5.32 Å². The second-order valence-electron chi connectivity index (χ2n) is 4.23. The lowest BCUT2D eigenvalue weighted by Crippen LogP contribution is -2.13. The number of carbonyl (C=O) groups excluding carboxylic acids is 1. The van der Waals surface area contributed by atoms with Crippen molar-refractivity contribution in [3.8, 4) is 5.75 Å². The van der Waals surface area contributed by atoms with Gasteiger partial charge in [0.25, 0.3) is 11.6 Å². The van der Waals surface area contributed by atoms with Crippen molar-refractivity contribution in [3.63, 3.8) is 0 Å². The summed E-state index contributed by atoms with van der Waals surface area (Å²) in [6, 6.07) is 10.5. The second-order valence-corrected chi connectivity index (χ2v) is 4.23. The number of nitro benzene ring substituents is 1. The highest BCUT2D eigenvalue weighted by Gasteiger charge is 2.14. The molecule has 2 rings (SSSR count). The van der Waals surface area contributed by atoms with Crippen LogP contribution in [-0.4, -0.2) is 15.9 Å². The summed E-state index contributed by atoms with van der Waals surface area (Å²) in [6.45, 7) is 1.80. The van der Waals surface area contributed by atoms with E-state index < -0.39 is 4.92 Å². The summed E-state index contributed by atoms with van der Waals surface area (Å²) in [7, 11) is 0. The van der Waals surface area contributed by atoms with E-state index >= 15 is 0 Å². The Morgan fingerprint density at radius 1 is 1.25 bits per heavy atom. The number of nitro groups is 1. The van der Waals surface area contributed by atoms with Gasteiger partial charge in [0, 0.05) is 11.6 Å². The number of phenolic OH excluding ortho intramolecular Hbond substituents is 1. The van der Waals surface area contributed by atoms with Crippen LogP contribution < -0.4 is 5.32 Å². The Morgan fingerprint density at radius 3 is 2.55 bits per heavy atom. The number of benzene rings is 2. The highest BCUT2D eigenvalue weighted by molar-refractivity contribution is 6.06. The summed E-state index contributed by atoms with van der Waals surface area (Å²) in [5, 5.41) is 22.8. The Labute approximate surface area is 114 Å². The highest BCUT2D eigenvalue weighted by atomic mass is 16.6. The van der Waals surface area contributed by atoms with E-state index in [-0.39, 0.29) is 23.0 Å². The molecule has 0 radical (unpaired) electrons. The normalized spacial score (nSPS) is 10.1. The third-order valence-electron chi connectivity index (χ3n) is 2.83. The summed E-state index contributed by atoms with van der Waals surface area (Å²) in [6.07, 6.45) is 0. The standard InChI is InChI=1S/C14H12N2O4/c1-9-4-2-3-5-11(9)14(18)15-12-7-6-10(16(19)20)8-13(12)17/h2-8,17H,1H3,(H,15,18). The van der Waals surface area contributed by atoms with Gasteiger partial charge in [0.15, 0.2) is 0 Å². The monoisotopic (exact) mass is 272 g/mol. The van der Waals surface area contributed by atoms with E-state index in [4.69, 9.17) is 0 Å². The predicted octanol–water partition coefficient (Wildman–Crippen LogP) is 2.86. The first kappa shape index (κ1) is 13.5. The van der Waals surface area contributed by atoms with Crippen molar-refractivity contribution in [2.24, 2.45) is 0 Å². The number of nitrogens with one attached hydrogen (secondary N) is 1. The fourth-order valence-corrected chi connectivity index (χ4v) is 1.76. The molecule has 1 amide bonds. The lowest BCUT2D eigenvalue weighted by Gasteiger charge is -2.08. The molecule has 0 saturated carbocycles. The summed E-state index contributed by atoms with van der Waals surface area (Å²) in [5.41, 5.74) is 1.16. The predicted molar refractivity (Wildman–Crippen MR) is 73.9 cm³/mol. The second kappa shape index (κ2) is 5.40. The van der Waals surface area contributed by atoms with Crippen LogP contribution in [0.4, 0.5) is 11.4 Å². The highest BCUT2D eigenvalue weighted by Crippen LogP contribution is 2.28. The van der Waals surface area contributed by atoms with Crippen LogP contribution in [0.1, 0.15) is 15.9 Å². The number of amides is 1. The number of carbonyl (C=O) groups is 1. The topological polar surface area (TPSA) is 92.5 Å². The zero-order valence-electron chi connectivity index (χ0n) is 10.7. The van der Waals surface area contributed by atoms with E-state index in [0.29, 0.717) is 5.56 Å². The van der Waals surface area contributed by atoms with E-state index in [1.807, 2.05) is 6.07 Å². The molecule has 0 aliphatic heterocycles. The Morgan fingerprint density at radius 2 is 1.95 bits per heavy atom. The van der Waals surface area contributed by atoms with Gasteiger partial charge in [0.05, 0.1) is 16.7 Å². The van der Waals surface area contributed by atoms with Crippen molar-refractivity contribution in [2.45, 2.75) is 6.92 Å². The minimum absolute atomic E-state index is 0.129. The van der Waals surface area contributed by atoms with Crippen LogP contribution in [0, 0.1) is 17.0 Å². The molecule has 0 saturated heterocycles. The van der Waals surface area contributed by atoms with Crippen molar-refractivity contribution in [1.29, 1.82) is 0 Å². The summed E-state index contributed by atoms with van der Waals surface area (Å²) in [5.74, 6) is -0.728. The average molecular weight is 272 g/mol. The molecule has 0 aromatic heterocycles. The number of anilines is 1. The molecule has 0 aliphatic carbocycles. The van der Waals surface area contributed by atoms with Gasteiger partial charge in [-0.15, -0.1) is 0 Å². The zero-order chi connectivity index (χ0) is 14.7. The zero-order valence-corrected chi connectivity index (χ0v) is 10.7. The summed E-state index contributed by atoms with van der Waals surface area (Å²) in [4.78, 5) is 22.0. The van der Waals surface area contributed by atoms with Crippen LogP contribution >= 0.6 is 0 Å². The lowest BCUT2D eigenvalue weighted by molar-refractivity contribution is -0.384. The molecule has 0 aliphatic rings. The molecule has 0 unspecified atom stereocenters. The fraction of sp³-hybridized carbons (Fsp3) is 0.0714. The number of nitrogens with zero attached hydrogens (tertiary/aromatic N) is 1. The van der Waals surface area contributed by atoms with Crippen LogP contribution in [-0.2, 0) is 0 Å². The van der Waals surface area contributed by atoms with Gasteiger partial charge >= 0.3 is 0 Å². The first-order valence-electron chi connectivity index (χ1n) is 5.83. The van der Waals surface area contributed by atoms with Gasteiger partial charge in [-0.1, -0.05) is 18.2 Å². The van der Waals surface area contributed by atoms with E-state index in [1.165, 1.54) is 12.1 Å². The maximum Gasteiger partial charge on any atom is 0.273 e. The third-order valence-corrected chi connectivity index (χ3v) is 2.83. The smallest absolute Gasteiger partial charge is 0.273 e. The van der Waals surface area contributed by atoms with Crippen LogP contribution in [0.2, 0.25) is 0 Å². The lowest BCUT2D eigenvalue weighted by atomic mass is 10.1. The molecule has 2 N–H and O–H groups in total. The van der Waals surface area contributed by atoms with Gasteiger partial charge in [-0.3, -0.25) is 14.9 Å². The minimum Gasteiger partial charge on any atom is -0.506 e. The quantitative estimate of drug-likeness (QED) is 0.510. The number of rotatable bonds is 3. The van der Waals surface area contributed by atoms with Gasteiger partial charge in [-0.2, -0.15) is 0 Å². The van der Waals surface area contributed by atoms with Crippen LogP contribution in [0.3, 0.4) is 0 Å². The third kappa shape index (κ3) is 2.74. The Hall–Kier alpha value is -2.89. The summed E-state index contributed by atoms with van der Waals surface area (Å²) < 4.78 is 0. The Bertz CT molecular complexity index is 683. The SMILES string of the molecule is Cc1ccccc1C(=O)Nc1ccc([N+](=O)[O-])cc1O. The van der Waals surface area contributed by atoms with Crippen molar-refractivity contribution >= 4 is 17.3 Å². The number of non-ortho nitro benzene ring substituents is 1. The molecule has 6 heteroatoms. The maximum absolute atomic E-state index is 12.0. The first-order chi connectivity index (χ1) is 9.49. The number of hydrogen-bond donors (Lipinski definition) is 2. The summed E-state index contributed by atoms with van der Waals surface area (Å²) >= 11 is 0. The molecular formula is C14H12N2O4. The molecule has 0 atom stereocenters. The minimum atomic E-state index is -0.618. The molecule has 2 aromatic rings. The first-order valence-corrected chi connectivity index (χ1v) is 5.83. The van der Waals surface area contributed by atoms with Gasteiger partial charge in [0.2, 0.25) is 0 Å². The number of aromatic hydroxyl groups is 1. The van der Waals surface area contributed by atoms with E-state index in [1.54, 1.807) is 25.1 Å². The molecule has 2 aromatic carbocycles. The van der Waals surface area contributed by atoms with Gasteiger partial charge < -0.3 is 10.4 Å². The molecule has 102 valence electrons. The van der Waals surface area contributed by atoms with Gasteiger partial charge in [0.1, 0.15) is 5.75 Å². The molecule has 0 heterocycles. The van der Waals surface area contributed by atoms with Crippen LogP contribution in [0.25, 0.3) is 0 Å². The average Bonchev–Trinajstić information content (AvgIpc) is 2.41. The van der Waals surface area contributed by atoms with Crippen LogP contribution in [0.5, 0.6) is 5.75 Å². The van der Waals surface area contributed by atoms with Gasteiger partial charge in [-0.05, 0) is 24.6 Å². The maximum atomic E-state index is 12.0. The molecule has 0 spiro atoms. The largest absolute Gasteiger partial charge is 0.506 e. The van der Waals surface area contributed by atoms with Crippen molar-refractivity contribution in [3.05, 3.63) is 63.7 Å². The fourth-order valence-electron chi connectivity index (χ4n) is 1.76.